The van der Waals surface area contributed by atoms with Crippen LogP contribution in [-0.4, -0.2) is 19.1 Å². The molecule has 2 heterocycles. The molecular weight excluding hydrogens is 276 g/mol. The van der Waals surface area contributed by atoms with Crippen molar-refractivity contribution < 1.29 is 0 Å². The van der Waals surface area contributed by atoms with Gasteiger partial charge in [0.25, 0.3) is 0 Å². The van der Waals surface area contributed by atoms with E-state index in [1.54, 1.807) is 0 Å². The van der Waals surface area contributed by atoms with Crippen LogP contribution in [0.3, 0.4) is 0 Å². The lowest BCUT2D eigenvalue weighted by Crippen LogP contribution is -2.43. The van der Waals surface area contributed by atoms with E-state index in [4.69, 9.17) is 0 Å². The number of piperidine rings is 1. The average Bonchev–Trinajstić information content (AvgIpc) is 3.03. The van der Waals surface area contributed by atoms with E-state index in [2.05, 4.69) is 65.8 Å². The molecule has 3 heteroatoms. The summed E-state index contributed by atoms with van der Waals surface area (Å²) in [6.45, 7) is 6.72. The topological polar surface area (TPSA) is 15.3 Å². The van der Waals surface area contributed by atoms with Gasteiger partial charge in [-0.1, -0.05) is 23.8 Å². The van der Waals surface area contributed by atoms with Crippen molar-refractivity contribution in [2.75, 3.05) is 18.0 Å². The number of nitrogens with one attached hydrogen (secondary N) is 1. The fourth-order valence-electron chi connectivity index (χ4n) is 3.03. The maximum absolute atomic E-state index is 3.79. The van der Waals surface area contributed by atoms with Crippen LogP contribution in [-0.2, 0) is 0 Å². The van der Waals surface area contributed by atoms with Crippen molar-refractivity contribution in [3.63, 3.8) is 0 Å². The van der Waals surface area contributed by atoms with Gasteiger partial charge in [0.15, 0.2) is 0 Å². The molecule has 0 aliphatic carbocycles. The molecule has 0 saturated carbocycles. The molecule has 0 amide bonds. The third-order valence-electron chi connectivity index (χ3n) is 4.35. The van der Waals surface area contributed by atoms with Crippen LogP contribution in [0.1, 0.15) is 36.2 Å². The molecule has 1 aliphatic rings. The van der Waals surface area contributed by atoms with Gasteiger partial charge in [0, 0.05) is 35.7 Å². The lowest BCUT2D eigenvalue weighted by Gasteiger charge is -2.35. The van der Waals surface area contributed by atoms with Crippen LogP contribution >= 0.6 is 11.3 Å². The highest BCUT2D eigenvalue weighted by molar-refractivity contribution is 7.10. The zero-order valence-corrected chi connectivity index (χ0v) is 13.7. The van der Waals surface area contributed by atoms with Crippen LogP contribution in [0.4, 0.5) is 5.69 Å². The van der Waals surface area contributed by atoms with Gasteiger partial charge in [-0.15, -0.1) is 11.3 Å². The van der Waals surface area contributed by atoms with Gasteiger partial charge in [-0.2, -0.15) is 0 Å². The number of benzene rings is 1. The summed E-state index contributed by atoms with van der Waals surface area (Å²) < 4.78 is 0. The minimum atomic E-state index is 0.473. The van der Waals surface area contributed by atoms with E-state index in [1.807, 2.05) is 11.3 Å². The number of nitrogens with zero attached hydrogens (tertiary/aromatic N) is 1. The van der Waals surface area contributed by atoms with E-state index in [0.717, 1.165) is 13.1 Å². The van der Waals surface area contributed by atoms with Gasteiger partial charge in [-0.25, -0.2) is 0 Å². The monoisotopic (exact) mass is 300 g/mol. The predicted octanol–water partition coefficient (Wildman–Crippen LogP) is 4.38. The second-order valence-electron chi connectivity index (χ2n) is 6.00. The minimum absolute atomic E-state index is 0.473. The second-order valence-corrected chi connectivity index (χ2v) is 6.98. The van der Waals surface area contributed by atoms with Crippen molar-refractivity contribution in [2.45, 2.75) is 38.8 Å². The fourth-order valence-corrected chi connectivity index (χ4v) is 3.78. The summed E-state index contributed by atoms with van der Waals surface area (Å²) in [6, 6.07) is 14.4. The van der Waals surface area contributed by atoms with Gasteiger partial charge in [0.1, 0.15) is 0 Å². The molecular formula is C18H24N2S. The van der Waals surface area contributed by atoms with Crippen LogP contribution in [0, 0.1) is 6.92 Å². The Labute approximate surface area is 131 Å². The first-order valence-electron chi connectivity index (χ1n) is 7.83. The molecule has 112 valence electrons. The quantitative estimate of drug-likeness (QED) is 0.901. The normalized spacial score (nSPS) is 17.9. The van der Waals surface area contributed by atoms with E-state index in [1.165, 1.54) is 29.0 Å². The van der Waals surface area contributed by atoms with Crippen LogP contribution in [0.2, 0.25) is 0 Å². The maximum atomic E-state index is 3.79. The highest BCUT2D eigenvalue weighted by Gasteiger charge is 2.21. The molecule has 0 spiro atoms. The standard InChI is InChI=1S/C18H24N2S/c1-14-5-7-17(8-6-14)20-11-9-16(10-12-20)19-15(2)18-4-3-13-21-18/h3-8,13,15-16,19H,9-12H2,1-2H3. The minimum Gasteiger partial charge on any atom is -0.371 e. The summed E-state index contributed by atoms with van der Waals surface area (Å²) >= 11 is 1.85. The molecule has 1 fully saturated rings. The first kappa shape index (κ1) is 14.6. The van der Waals surface area contributed by atoms with Crippen molar-refractivity contribution in [3.8, 4) is 0 Å². The molecule has 3 rings (SSSR count). The third kappa shape index (κ3) is 3.66. The Kier molecular flexibility index (Phi) is 4.61. The zero-order valence-electron chi connectivity index (χ0n) is 12.9. The van der Waals surface area contributed by atoms with Gasteiger partial charge < -0.3 is 10.2 Å². The summed E-state index contributed by atoms with van der Waals surface area (Å²) in [6.07, 6.45) is 2.45. The predicted molar refractivity (Wildman–Crippen MR) is 92.3 cm³/mol. The highest BCUT2D eigenvalue weighted by Crippen LogP contribution is 2.23. The summed E-state index contributed by atoms with van der Waals surface area (Å²) in [4.78, 5) is 3.95. The molecule has 0 bridgehead atoms. The SMILES string of the molecule is Cc1ccc(N2CCC(NC(C)c3cccs3)CC2)cc1. The van der Waals surface area contributed by atoms with E-state index < -0.39 is 0 Å². The van der Waals surface area contributed by atoms with E-state index in [0.29, 0.717) is 12.1 Å². The van der Waals surface area contributed by atoms with Gasteiger partial charge in [-0.3, -0.25) is 0 Å². The van der Waals surface area contributed by atoms with Crippen LogP contribution < -0.4 is 10.2 Å². The van der Waals surface area contributed by atoms with Crippen LogP contribution in [0.25, 0.3) is 0 Å². The molecule has 1 aromatic carbocycles. The Bertz CT molecular complexity index is 539. The molecule has 2 nitrogen and oxygen atoms in total. The molecule has 21 heavy (non-hydrogen) atoms. The van der Waals surface area contributed by atoms with E-state index >= 15 is 0 Å². The van der Waals surface area contributed by atoms with Crippen LogP contribution in [0.5, 0.6) is 0 Å². The molecule has 1 atom stereocenters. The molecule has 1 aliphatic heterocycles. The number of rotatable bonds is 4. The third-order valence-corrected chi connectivity index (χ3v) is 5.40. The summed E-state index contributed by atoms with van der Waals surface area (Å²) in [5, 5.41) is 5.95. The average molecular weight is 300 g/mol. The zero-order chi connectivity index (χ0) is 14.7. The number of aryl methyl sites for hydroxylation is 1. The van der Waals surface area contributed by atoms with Crippen molar-refractivity contribution in [1.82, 2.24) is 5.32 Å². The fraction of sp³-hybridized carbons (Fsp3) is 0.444. The number of thiophene rings is 1. The lowest BCUT2D eigenvalue weighted by molar-refractivity contribution is 0.383. The summed E-state index contributed by atoms with van der Waals surface area (Å²) in [5.41, 5.74) is 2.70. The van der Waals surface area contributed by atoms with Crippen molar-refractivity contribution in [2.24, 2.45) is 0 Å². The Hall–Kier alpha value is -1.32. The van der Waals surface area contributed by atoms with E-state index in [-0.39, 0.29) is 0 Å². The lowest BCUT2D eigenvalue weighted by atomic mass is 10.0. The molecule has 1 N–H and O–H groups in total. The Morgan fingerprint density at radius 3 is 2.48 bits per heavy atom. The Morgan fingerprint density at radius 2 is 1.86 bits per heavy atom. The van der Waals surface area contributed by atoms with E-state index in [9.17, 15) is 0 Å². The molecule has 0 radical (unpaired) electrons. The van der Waals surface area contributed by atoms with Gasteiger partial charge in [-0.05, 0) is 50.3 Å². The summed E-state index contributed by atoms with van der Waals surface area (Å²) in [7, 11) is 0. The second kappa shape index (κ2) is 6.63. The smallest absolute Gasteiger partial charge is 0.0388 e. The molecule has 1 aromatic heterocycles. The number of hydrogen-bond acceptors (Lipinski definition) is 3. The number of hydrogen-bond donors (Lipinski definition) is 1. The molecule has 2 aromatic rings. The van der Waals surface area contributed by atoms with Gasteiger partial charge in [0.05, 0.1) is 0 Å². The summed E-state index contributed by atoms with van der Waals surface area (Å²) in [5.74, 6) is 0. The maximum Gasteiger partial charge on any atom is 0.0388 e. The largest absolute Gasteiger partial charge is 0.371 e. The van der Waals surface area contributed by atoms with Gasteiger partial charge >= 0.3 is 0 Å². The first-order valence-corrected chi connectivity index (χ1v) is 8.71. The molecule has 1 unspecified atom stereocenters. The molecule has 1 saturated heterocycles. The van der Waals surface area contributed by atoms with Crippen molar-refractivity contribution in [1.29, 1.82) is 0 Å². The Morgan fingerprint density at radius 1 is 1.14 bits per heavy atom. The number of anilines is 1. The highest BCUT2D eigenvalue weighted by atomic mass is 32.1. The van der Waals surface area contributed by atoms with Crippen molar-refractivity contribution >= 4 is 17.0 Å². The van der Waals surface area contributed by atoms with Crippen molar-refractivity contribution in [3.05, 3.63) is 52.2 Å². The first-order chi connectivity index (χ1) is 10.2. The van der Waals surface area contributed by atoms with Gasteiger partial charge in [0.2, 0.25) is 0 Å². The Balaban J connectivity index is 1.52. The van der Waals surface area contributed by atoms with Crippen LogP contribution in [0.15, 0.2) is 41.8 Å².